The number of nitriles is 1. The molecule has 0 bridgehead atoms. The Morgan fingerprint density at radius 3 is 2.62 bits per heavy atom. The molecule has 0 aliphatic rings. The van der Waals surface area contributed by atoms with Crippen LogP contribution in [0.25, 0.3) is 0 Å². The van der Waals surface area contributed by atoms with Gasteiger partial charge in [0.25, 0.3) is 5.69 Å². The number of nitro groups is 1. The first-order valence-corrected chi connectivity index (χ1v) is 4.55. The zero-order chi connectivity index (χ0) is 12.3. The Balaban J connectivity index is 3.57. The molecule has 1 N–H and O–H groups in total. The van der Waals surface area contributed by atoms with E-state index >= 15 is 0 Å². The number of alkyl halides is 1. The van der Waals surface area contributed by atoms with Gasteiger partial charge in [0.05, 0.1) is 33.6 Å². The van der Waals surface area contributed by atoms with Crippen molar-refractivity contribution < 1.29 is 14.8 Å². The van der Waals surface area contributed by atoms with Crippen LogP contribution in [-0.2, 0) is 5.88 Å². The third-order valence-electron chi connectivity index (χ3n) is 1.92. The molecular formula is C9H5ClN2O4. The molecule has 7 heteroatoms. The van der Waals surface area contributed by atoms with Gasteiger partial charge in [-0.25, -0.2) is 4.79 Å². The molecule has 0 aliphatic carbocycles. The first-order chi connectivity index (χ1) is 7.51. The van der Waals surface area contributed by atoms with Crippen LogP contribution in [0.5, 0.6) is 0 Å². The van der Waals surface area contributed by atoms with Crippen LogP contribution in [-0.4, -0.2) is 16.0 Å². The summed E-state index contributed by atoms with van der Waals surface area (Å²) in [5.41, 5.74) is -0.829. The quantitative estimate of drug-likeness (QED) is 0.494. The summed E-state index contributed by atoms with van der Waals surface area (Å²) in [4.78, 5) is 20.6. The summed E-state index contributed by atoms with van der Waals surface area (Å²) in [6.45, 7) is 0. The van der Waals surface area contributed by atoms with Gasteiger partial charge >= 0.3 is 5.97 Å². The Labute approximate surface area is 94.8 Å². The minimum atomic E-state index is -1.33. The first-order valence-electron chi connectivity index (χ1n) is 4.02. The molecule has 0 radical (unpaired) electrons. The smallest absolute Gasteiger partial charge is 0.335 e. The van der Waals surface area contributed by atoms with Crippen molar-refractivity contribution in [1.29, 1.82) is 5.26 Å². The van der Waals surface area contributed by atoms with E-state index in [0.717, 1.165) is 12.1 Å². The van der Waals surface area contributed by atoms with Gasteiger partial charge in [-0.05, 0) is 6.07 Å². The fourth-order valence-corrected chi connectivity index (χ4v) is 1.46. The monoisotopic (exact) mass is 240 g/mol. The number of carboxylic acid groups (broad SMARTS) is 1. The summed E-state index contributed by atoms with van der Waals surface area (Å²) in [7, 11) is 0. The number of nitro benzene ring substituents is 1. The minimum Gasteiger partial charge on any atom is -0.478 e. The number of hydrogen-bond donors (Lipinski definition) is 1. The number of carboxylic acids is 1. The Kier molecular flexibility index (Phi) is 3.43. The molecule has 0 saturated carbocycles. The number of hydrogen-bond acceptors (Lipinski definition) is 4. The highest BCUT2D eigenvalue weighted by Crippen LogP contribution is 2.26. The van der Waals surface area contributed by atoms with E-state index in [0.29, 0.717) is 0 Å². The third-order valence-corrected chi connectivity index (χ3v) is 2.19. The third kappa shape index (κ3) is 2.10. The van der Waals surface area contributed by atoms with Crippen LogP contribution < -0.4 is 0 Å². The van der Waals surface area contributed by atoms with E-state index in [2.05, 4.69) is 0 Å². The van der Waals surface area contributed by atoms with E-state index in [1.807, 2.05) is 0 Å². The molecule has 0 fully saturated rings. The van der Waals surface area contributed by atoms with Crippen LogP contribution >= 0.6 is 11.6 Å². The molecule has 1 aromatic rings. The maximum atomic E-state index is 10.7. The topological polar surface area (TPSA) is 104 Å². The average Bonchev–Trinajstić information content (AvgIpc) is 2.26. The largest absolute Gasteiger partial charge is 0.478 e. The summed E-state index contributed by atoms with van der Waals surface area (Å²) in [6.07, 6.45) is 0. The van der Waals surface area contributed by atoms with Crippen LogP contribution in [0, 0.1) is 21.4 Å². The van der Waals surface area contributed by atoms with Gasteiger partial charge < -0.3 is 5.11 Å². The Hall–Kier alpha value is -2.13. The first kappa shape index (κ1) is 11.9. The number of carbonyl (C=O) groups is 1. The lowest BCUT2D eigenvalue weighted by atomic mass is 10.0. The van der Waals surface area contributed by atoms with E-state index in [9.17, 15) is 14.9 Å². The summed E-state index contributed by atoms with van der Waals surface area (Å²) < 4.78 is 0. The highest BCUT2D eigenvalue weighted by atomic mass is 35.5. The highest BCUT2D eigenvalue weighted by molar-refractivity contribution is 6.17. The molecule has 82 valence electrons. The number of nitrogens with zero attached hydrogens (tertiary/aromatic N) is 2. The second-order valence-electron chi connectivity index (χ2n) is 2.83. The van der Waals surface area contributed by atoms with Crippen LogP contribution in [0.2, 0.25) is 0 Å². The lowest BCUT2D eigenvalue weighted by Crippen LogP contribution is -2.03. The molecule has 0 unspecified atom stereocenters. The standard InChI is InChI=1S/C9H5ClN2O4/c10-3-7-6(4-11)1-5(9(13)14)2-8(7)12(15)16/h1-2H,3H2,(H,13,14). The van der Waals surface area contributed by atoms with Gasteiger partial charge in [-0.15, -0.1) is 11.6 Å². The molecule has 0 saturated heterocycles. The highest BCUT2D eigenvalue weighted by Gasteiger charge is 2.21. The molecule has 0 amide bonds. The summed E-state index contributed by atoms with van der Waals surface area (Å²) in [5, 5.41) is 28.1. The number of halogens is 1. The van der Waals surface area contributed by atoms with Crippen LogP contribution in [0.4, 0.5) is 5.69 Å². The van der Waals surface area contributed by atoms with E-state index in [4.69, 9.17) is 22.0 Å². The van der Waals surface area contributed by atoms with E-state index in [-0.39, 0.29) is 22.6 Å². The summed E-state index contributed by atoms with van der Waals surface area (Å²) in [6, 6.07) is 3.64. The van der Waals surface area contributed by atoms with Crippen LogP contribution in [0.15, 0.2) is 12.1 Å². The van der Waals surface area contributed by atoms with Crippen molar-refractivity contribution in [2.24, 2.45) is 0 Å². The molecule has 0 aliphatic heterocycles. The molecule has 0 spiro atoms. The van der Waals surface area contributed by atoms with Gasteiger partial charge in [0.2, 0.25) is 0 Å². The molecule has 16 heavy (non-hydrogen) atoms. The van der Waals surface area contributed by atoms with Gasteiger partial charge in [-0.3, -0.25) is 10.1 Å². The molecule has 1 aromatic carbocycles. The number of rotatable bonds is 3. The van der Waals surface area contributed by atoms with Crippen LogP contribution in [0.1, 0.15) is 21.5 Å². The van der Waals surface area contributed by atoms with Crippen molar-refractivity contribution in [2.45, 2.75) is 5.88 Å². The van der Waals surface area contributed by atoms with E-state index in [1.54, 1.807) is 6.07 Å². The van der Waals surface area contributed by atoms with Gasteiger partial charge in [0.15, 0.2) is 0 Å². The zero-order valence-corrected chi connectivity index (χ0v) is 8.56. The lowest BCUT2D eigenvalue weighted by Gasteiger charge is -2.03. The molecule has 0 atom stereocenters. The summed E-state index contributed by atoms with van der Waals surface area (Å²) >= 11 is 5.49. The van der Waals surface area contributed by atoms with Crippen LogP contribution in [0.3, 0.4) is 0 Å². The molecule has 1 rings (SSSR count). The molecule has 0 heterocycles. The molecular weight excluding hydrogens is 236 g/mol. The Morgan fingerprint density at radius 2 is 2.25 bits per heavy atom. The molecule has 6 nitrogen and oxygen atoms in total. The SMILES string of the molecule is N#Cc1cc(C(=O)O)cc([N+](=O)[O-])c1CCl. The lowest BCUT2D eigenvalue weighted by molar-refractivity contribution is -0.385. The zero-order valence-electron chi connectivity index (χ0n) is 7.81. The van der Waals surface area contributed by atoms with Gasteiger partial charge in [-0.2, -0.15) is 5.26 Å². The maximum Gasteiger partial charge on any atom is 0.335 e. The van der Waals surface area contributed by atoms with Gasteiger partial charge in [0, 0.05) is 6.07 Å². The van der Waals surface area contributed by atoms with Crippen molar-refractivity contribution in [3.63, 3.8) is 0 Å². The predicted octanol–water partition coefficient (Wildman–Crippen LogP) is 1.90. The second kappa shape index (κ2) is 4.59. The van der Waals surface area contributed by atoms with Crippen molar-refractivity contribution in [3.05, 3.63) is 38.9 Å². The van der Waals surface area contributed by atoms with E-state index < -0.39 is 16.6 Å². The normalized spacial score (nSPS) is 9.50. The number of aromatic carboxylic acids is 1. The summed E-state index contributed by atoms with van der Waals surface area (Å²) in [5.74, 6) is -1.56. The Bertz CT molecular complexity index is 507. The van der Waals surface area contributed by atoms with Crippen molar-refractivity contribution in [3.8, 4) is 6.07 Å². The van der Waals surface area contributed by atoms with Crippen molar-refractivity contribution >= 4 is 23.3 Å². The van der Waals surface area contributed by atoms with E-state index in [1.165, 1.54) is 0 Å². The fourth-order valence-electron chi connectivity index (χ4n) is 1.18. The maximum absolute atomic E-state index is 10.7. The van der Waals surface area contributed by atoms with Crippen molar-refractivity contribution in [1.82, 2.24) is 0 Å². The van der Waals surface area contributed by atoms with Crippen molar-refractivity contribution in [2.75, 3.05) is 0 Å². The predicted molar refractivity (Wildman–Crippen MR) is 54.3 cm³/mol. The molecule has 0 aromatic heterocycles. The number of benzene rings is 1. The second-order valence-corrected chi connectivity index (χ2v) is 3.10. The fraction of sp³-hybridized carbons (Fsp3) is 0.111. The van der Waals surface area contributed by atoms with Gasteiger partial charge in [0.1, 0.15) is 0 Å². The minimum absolute atomic E-state index is 0.0270. The Morgan fingerprint density at radius 1 is 1.62 bits per heavy atom. The van der Waals surface area contributed by atoms with Gasteiger partial charge in [-0.1, -0.05) is 0 Å². The average molecular weight is 241 g/mol.